The van der Waals surface area contributed by atoms with Crippen molar-refractivity contribution in [2.75, 3.05) is 32.9 Å². The number of carbonyl (C=O) groups is 2. The van der Waals surface area contributed by atoms with Gasteiger partial charge in [0, 0.05) is 22.6 Å². The van der Waals surface area contributed by atoms with E-state index in [1.807, 2.05) is 55.5 Å². The third-order valence-electron chi connectivity index (χ3n) is 6.86. The Bertz CT molecular complexity index is 1440. The molecule has 10 nitrogen and oxygen atoms in total. The van der Waals surface area contributed by atoms with Crippen LogP contribution in [-0.4, -0.2) is 69.8 Å². The molecule has 3 atom stereocenters. The molecule has 0 aliphatic rings. The molecule has 0 aliphatic heterocycles. The number of aromatic nitrogens is 2. The van der Waals surface area contributed by atoms with Crippen LogP contribution in [0.15, 0.2) is 72.8 Å². The van der Waals surface area contributed by atoms with Crippen LogP contribution < -0.4 is 15.8 Å². The number of amides is 2. The van der Waals surface area contributed by atoms with Gasteiger partial charge in [0.2, 0.25) is 5.91 Å². The van der Waals surface area contributed by atoms with Gasteiger partial charge in [-0.25, -0.2) is 4.98 Å². The fraction of sp³-hybridized carbons (Fsp3) is 0.300. The van der Waals surface area contributed by atoms with Gasteiger partial charge in [0.1, 0.15) is 17.6 Å². The zero-order chi connectivity index (χ0) is 29.4. The van der Waals surface area contributed by atoms with Crippen LogP contribution in [0.2, 0.25) is 0 Å². The van der Waals surface area contributed by atoms with Crippen LogP contribution in [0.3, 0.4) is 0 Å². The summed E-state index contributed by atoms with van der Waals surface area (Å²) in [6.07, 6.45) is 0. The van der Waals surface area contributed by atoms with Crippen LogP contribution in [-0.2, 0) is 9.59 Å². The number of aromatic amines is 1. The van der Waals surface area contributed by atoms with Gasteiger partial charge in [-0.05, 0) is 64.0 Å². The Kier molecular flexibility index (Phi) is 10.7. The lowest BCUT2D eigenvalue weighted by molar-refractivity contribution is -0.134. The molecule has 0 radical (unpaired) electrons. The molecule has 0 saturated heterocycles. The first-order chi connectivity index (χ1) is 19.8. The number of benzene rings is 3. The number of nitrogens with one attached hydrogen (secondary N) is 2. The Morgan fingerprint density at radius 1 is 1.02 bits per heavy atom. The Morgan fingerprint density at radius 3 is 2.37 bits per heavy atom. The molecule has 216 valence electrons. The first-order valence-corrected chi connectivity index (χ1v) is 14.4. The number of aliphatic hydroxyl groups is 2. The van der Waals surface area contributed by atoms with E-state index in [-0.39, 0.29) is 50.6 Å². The molecule has 6 N–H and O–H groups in total. The van der Waals surface area contributed by atoms with Crippen molar-refractivity contribution < 1.29 is 24.5 Å². The van der Waals surface area contributed by atoms with Crippen molar-refractivity contribution in [3.63, 3.8) is 0 Å². The Labute approximate surface area is 252 Å². The second-order valence-corrected chi connectivity index (χ2v) is 10.9. The lowest BCUT2D eigenvalue weighted by Crippen LogP contribution is -2.39. The second kappa shape index (κ2) is 14.4. The molecule has 3 unspecified atom stereocenters. The average molecular weight is 672 g/mol. The van der Waals surface area contributed by atoms with E-state index in [0.717, 1.165) is 20.2 Å². The van der Waals surface area contributed by atoms with Crippen molar-refractivity contribution in [3.05, 3.63) is 93.3 Å². The molecule has 0 aliphatic carbocycles. The molecule has 0 spiro atoms. The molecule has 1 heterocycles. The van der Waals surface area contributed by atoms with Crippen LogP contribution in [0.4, 0.5) is 0 Å². The molecule has 4 rings (SSSR count). The van der Waals surface area contributed by atoms with Gasteiger partial charge >= 0.3 is 0 Å². The van der Waals surface area contributed by atoms with Crippen molar-refractivity contribution in [2.45, 2.75) is 24.9 Å². The van der Waals surface area contributed by atoms with E-state index in [9.17, 15) is 9.59 Å². The van der Waals surface area contributed by atoms with Crippen LogP contribution in [0.25, 0.3) is 11.0 Å². The van der Waals surface area contributed by atoms with E-state index >= 15 is 0 Å². The fourth-order valence-electron chi connectivity index (χ4n) is 4.53. The van der Waals surface area contributed by atoms with E-state index in [0.29, 0.717) is 17.1 Å². The molecular formula is C30H34IN5O5. The van der Waals surface area contributed by atoms with Crippen molar-refractivity contribution in [2.24, 2.45) is 5.73 Å². The minimum absolute atomic E-state index is 0.100. The Hall–Kier alpha value is -3.52. The molecule has 1 aromatic heterocycles. The number of rotatable bonds is 13. The van der Waals surface area contributed by atoms with Gasteiger partial charge in [0.15, 0.2) is 6.61 Å². The quantitative estimate of drug-likeness (QED) is 0.137. The zero-order valence-electron chi connectivity index (χ0n) is 22.7. The summed E-state index contributed by atoms with van der Waals surface area (Å²) in [5.41, 5.74) is 9.72. The number of carbonyl (C=O) groups excluding carboxylic acids is 2. The first kappa shape index (κ1) is 30.4. The number of halogens is 1. The van der Waals surface area contributed by atoms with Gasteiger partial charge in [-0.15, -0.1) is 0 Å². The van der Waals surface area contributed by atoms with Gasteiger partial charge in [-0.3, -0.25) is 9.59 Å². The third kappa shape index (κ3) is 7.82. The van der Waals surface area contributed by atoms with Gasteiger partial charge in [-0.2, -0.15) is 0 Å². The van der Waals surface area contributed by atoms with Crippen LogP contribution in [0.1, 0.15) is 41.9 Å². The number of fused-ring (bicyclic) bond motifs is 1. The molecule has 0 saturated carbocycles. The molecule has 0 bridgehead atoms. The van der Waals surface area contributed by atoms with Crippen molar-refractivity contribution in [1.82, 2.24) is 20.2 Å². The van der Waals surface area contributed by atoms with Crippen LogP contribution in [0.5, 0.6) is 5.75 Å². The summed E-state index contributed by atoms with van der Waals surface area (Å²) in [6.45, 7) is 1.60. The summed E-state index contributed by atoms with van der Waals surface area (Å²) in [5.74, 6) is 0.253. The maximum atomic E-state index is 13.4. The monoisotopic (exact) mass is 671 g/mol. The van der Waals surface area contributed by atoms with Gasteiger partial charge < -0.3 is 35.9 Å². The van der Waals surface area contributed by atoms with Crippen molar-refractivity contribution in [3.8, 4) is 5.75 Å². The predicted molar refractivity (Wildman–Crippen MR) is 164 cm³/mol. The summed E-state index contributed by atoms with van der Waals surface area (Å²) in [4.78, 5) is 35.2. The number of H-pyrrole nitrogens is 1. The molecule has 4 aromatic rings. The summed E-state index contributed by atoms with van der Waals surface area (Å²) in [6, 6.07) is 21.1. The number of ether oxygens (including phenoxy) is 1. The Morgan fingerprint density at radius 2 is 1.71 bits per heavy atom. The summed E-state index contributed by atoms with van der Waals surface area (Å²) >= 11 is 2.25. The van der Waals surface area contributed by atoms with E-state index in [1.165, 1.54) is 4.90 Å². The first-order valence-electron chi connectivity index (χ1n) is 13.3. The smallest absolute Gasteiger partial charge is 0.260 e. The lowest BCUT2D eigenvalue weighted by Gasteiger charge is -2.25. The summed E-state index contributed by atoms with van der Waals surface area (Å²) in [5, 5.41) is 21.3. The highest BCUT2D eigenvalue weighted by molar-refractivity contribution is 14.1. The largest absolute Gasteiger partial charge is 0.484 e. The fourth-order valence-corrected chi connectivity index (χ4v) is 5.02. The number of nitrogens with two attached hydrogens (primary N) is 1. The van der Waals surface area contributed by atoms with Gasteiger partial charge in [-0.1, -0.05) is 49.4 Å². The molecule has 11 heteroatoms. The van der Waals surface area contributed by atoms with E-state index in [1.54, 1.807) is 24.3 Å². The Balaban J connectivity index is 1.47. The zero-order valence-corrected chi connectivity index (χ0v) is 24.8. The maximum absolute atomic E-state index is 13.4. The predicted octanol–water partition coefficient (Wildman–Crippen LogP) is 3.02. The number of hydrogen-bond acceptors (Lipinski definition) is 7. The van der Waals surface area contributed by atoms with Crippen molar-refractivity contribution >= 4 is 45.4 Å². The summed E-state index contributed by atoms with van der Waals surface area (Å²) in [7, 11) is 0. The normalized spacial score (nSPS) is 13.4. The second-order valence-electron chi connectivity index (χ2n) is 9.63. The number of imidazole rings is 1. The molecule has 0 fully saturated rings. The van der Waals surface area contributed by atoms with Gasteiger partial charge in [0.25, 0.3) is 5.91 Å². The highest BCUT2D eigenvalue weighted by atomic mass is 127. The average Bonchev–Trinajstić information content (AvgIpc) is 3.41. The van der Waals surface area contributed by atoms with Crippen LogP contribution >= 0.6 is 22.6 Å². The highest BCUT2D eigenvalue weighted by Gasteiger charge is 2.28. The van der Waals surface area contributed by atoms with E-state index < -0.39 is 12.1 Å². The maximum Gasteiger partial charge on any atom is 0.260 e. The lowest BCUT2D eigenvalue weighted by atomic mass is 9.92. The SMILES string of the molecule is CC(c1ccccc1)C(NC(=O)C(N)c1ccc(OCC(=O)N(CCO)CCO)cc1)c1nc2ccc(I)cc2[nH]1. The highest BCUT2D eigenvalue weighted by Crippen LogP contribution is 2.31. The molecule has 41 heavy (non-hydrogen) atoms. The van der Waals surface area contributed by atoms with E-state index in [4.69, 9.17) is 25.7 Å². The van der Waals surface area contributed by atoms with E-state index in [2.05, 4.69) is 32.9 Å². The topological polar surface area (TPSA) is 154 Å². The van der Waals surface area contributed by atoms with Crippen LogP contribution in [0, 0.1) is 3.57 Å². The molecular weight excluding hydrogens is 637 g/mol. The van der Waals surface area contributed by atoms with Crippen molar-refractivity contribution in [1.29, 1.82) is 0 Å². The molecule has 3 aromatic carbocycles. The number of aliphatic hydroxyl groups excluding tert-OH is 2. The van der Waals surface area contributed by atoms with Gasteiger partial charge in [0.05, 0.1) is 30.3 Å². The third-order valence-corrected chi connectivity index (χ3v) is 7.53. The summed E-state index contributed by atoms with van der Waals surface area (Å²) < 4.78 is 6.65. The minimum Gasteiger partial charge on any atom is -0.484 e. The molecule has 2 amide bonds. The number of nitrogens with zero attached hydrogens (tertiary/aromatic N) is 2. The number of hydrogen-bond donors (Lipinski definition) is 5. The standard InChI is InChI=1S/C30H34IN5O5/c1-19(20-5-3-2-4-6-20)28(29-33-24-12-9-22(31)17-25(24)34-29)35-30(40)27(32)21-7-10-23(11-8-21)41-18-26(39)36(13-15-37)14-16-38/h2-12,17,19,27-28,37-38H,13-16,18,32H2,1H3,(H,33,34)(H,35,40). The minimum atomic E-state index is -0.953.